The van der Waals surface area contributed by atoms with Crippen molar-refractivity contribution < 1.29 is 4.92 Å². The summed E-state index contributed by atoms with van der Waals surface area (Å²) >= 11 is 0. The number of piperidine rings is 1. The zero-order valence-electron chi connectivity index (χ0n) is 19.9. The molecule has 0 saturated carbocycles. The molecule has 0 radical (unpaired) electrons. The Morgan fingerprint density at radius 3 is 1.97 bits per heavy atom. The Balaban J connectivity index is 1.39. The van der Waals surface area contributed by atoms with Gasteiger partial charge in [-0.3, -0.25) is 20.5 Å². The number of hydrazine groups is 1. The molecule has 2 heterocycles. The summed E-state index contributed by atoms with van der Waals surface area (Å²) in [5.41, 5.74) is 6.08. The van der Waals surface area contributed by atoms with Gasteiger partial charge in [-0.05, 0) is 55.0 Å². The van der Waals surface area contributed by atoms with Gasteiger partial charge in [0, 0.05) is 13.1 Å². The Kier molecular flexibility index (Phi) is 7.02. The quantitative estimate of drug-likeness (QED) is 0.244. The van der Waals surface area contributed by atoms with Crippen LogP contribution in [0.1, 0.15) is 18.4 Å². The third-order valence-electron chi connectivity index (χ3n) is 6.51. The highest BCUT2D eigenvalue weighted by Gasteiger charge is 2.31. The van der Waals surface area contributed by atoms with E-state index in [1.54, 1.807) is 5.01 Å². The van der Waals surface area contributed by atoms with E-state index in [4.69, 9.17) is 0 Å². The van der Waals surface area contributed by atoms with E-state index in [1.807, 2.05) is 71.6 Å². The number of nitrogens with one attached hydrogen (secondary N) is 1. The minimum absolute atomic E-state index is 0.115. The minimum Gasteiger partial charge on any atom is -0.351 e. The van der Waals surface area contributed by atoms with Crippen LogP contribution >= 0.6 is 0 Å². The molecule has 1 saturated heterocycles. The number of hydrogen-bond acceptors (Lipinski definition) is 7. The molecule has 182 valence electrons. The van der Waals surface area contributed by atoms with Gasteiger partial charge < -0.3 is 4.90 Å². The summed E-state index contributed by atoms with van der Waals surface area (Å²) in [6, 6.07) is 29.8. The lowest BCUT2D eigenvalue weighted by atomic mass is 9.90. The minimum atomic E-state index is -0.387. The first kappa shape index (κ1) is 23.3. The highest BCUT2D eigenvalue weighted by atomic mass is 16.6. The highest BCUT2D eigenvalue weighted by Crippen LogP contribution is 2.36. The Morgan fingerprint density at radius 2 is 1.42 bits per heavy atom. The number of nitrogens with zero attached hydrogens (tertiary/aromatic N) is 5. The lowest BCUT2D eigenvalue weighted by molar-refractivity contribution is -0.383. The van der Waals surface area contributed by atoms with Crippen LogP contribution in [0, 0.1) is 16.0 Å². The number of anilines is 4. The van der Waals surface area contributed by atoms with Gasteiger partial charge in [0.2, 0.25) is 11.6 Å². The average Bonchev–Trinajstić information content (AvgIpc) is 2.93. The van der Waals surface area contributed by atoms with Gasteiger partial charge in [-0.1, -0.05) is 66.7 Å². The van der Waals surface area contributed by atoms with E-state index in [-0.39, 0.29) is 16.4 Å². The zero-order valence-corrected chi connectivity index (χ0v) is 19.9. The lowest BCUT2D eigenvalue weighted by Crippen LogP contribution is -2.35. The van der Waals surface area contributed by atoms with Crippen molar-refractivity contribution in [3.05, 3.63) is 113 Å². The normalized spacial score (nSPS) is 13.8. The van der Waals surface area contributed by atoms with E-state index in [2.05, 4.69) is 39.7 Å². The third-order valence-corrected chi connectivity index (χ3v) is 6.51. The van der Waals surface area contributed by atoms with Crippen LogP contribution < -0.4 is 15.3 Å². The maximum Gasteiger partial charge on any atom is 0.355 e. The first-order valence-corrected chi connectivity index (χ1v) is 12.1. The molecule has 0 spiro atoms. The Labute approximate surface area is 210 Å². The number of nitro groups is 1. The summed E-state index contributed by atoms with van der Waals surface area (Å²) in [4.78, 5) is 22.6. The topological polar surface area (TPSA) is 87.4 Å². The fraction of sp³-hybridized carbons (Fsp3) is 0.214. The first-order valence-electron chi connectivity index (χ1n) is 12.1. The number of para-hydroxylation sites is 2. The SMILES string of the molecule is O=[N+]([O-])c1c(NN(c2ccccc2)c2ccccc2)ncnc1N1CCC(Cc2ccccc2)CC1. The van der Waals surface area contributed by atoms with Crippen LogP contribution in [-0.2, 0) is 6.42 Å². The molecule has 36 heavy (non-hydrogen) atoms. The molecule has 4 aromatic rings. The van der Waals surface area contributed by atoms with Gasteiger partial charge in [-0.25, -0.2) is 9.97 Å². The number of benzene rings is 3. The van der Waals surface area contributed by atoms with Crippen molar-refractivity contribution in [1.82, 2.24) is 9.97 Å². The van der Waals surface area contributed by atoms with Gasteiger partial charge in [0.25, 0.3) is 0 Å². The van der Waals surface area contributed by atoms with Crippen LogP contribution in [0.2, 0.25) is 0 Å². The molecule has 1 aliphatic heterocycles. The maximum absolute atomic E-state index is 12.3. The molecule has 0 aliphatic carbocycles. The zero-order chi connectivity index (χ0) is 24.7. The van der Waals surface area contributed by atoms with Gasteiger partial charge in [-0.15, -0.1) is 0 Å². The van der Waals surface area contributed by atoms with E-state index in [0.717, 1.165) is 43.7 Å². The Morgan fingerprint density at radius 1 is 0.861 bits per heavy atom. The second kappa shape index (κ2) is 10.9. The fourth-order valence-electron chi connectivity index (χ4n) is 4.69. The van der Waals surface area contributed by atoms with E-state index in [1.165, 1.54) is 11.9 Å². The van der Waals surface area contributed by atoms with Gasteiger partial charge in [0.1, 0.15) is 6.33 Å². The smallest absolute Gasteiger partial charge is 0.351 e. The van der Waals surface area contributed by atoms with Crippen molar-refractivity contribution in [2.24, 2.45) is 5.92 Å². The molecule has 8 heteroatoms. The van der Waals surface area contributed by atoms with Crippen molar-refractivity contribution in [2.75, 3.05) is 28.4 Å². The molecule has 3 aromatic carbocycles. The molecule has 5 rings (SSSR count). The molecule has 0 bridgehead atoms. The largest absolute Gasteiger partial charge is 0.355 e. The second-order valence-electron chi connectivity index (χ2n) is 8.89. The summed E-state index contributed by atoms with van der Waals surface area (Å²) < 4.78 is 0. The van der Waals surface area contributed by atoms with E-state index in [0.29, 0.717) is 11.7 Å². The molecular weight excluding hydrogens is 452 g/mol. The molecule has 0 atom stereocenters. The molecule has 1 aliphatic rings. The molecule has 1 fully saturated rings. The maximum atomic E-state index is 12.3. The predicted octanol–water partition coefficient (Wildman–Crippen LogP) is 6.01. The van der Waals surface area contributed by atoms with Crippen molar-refractivity contribution in [3.63, 3.8) is 0 Å². The van der Waals surface area contributed by atoms with Crippen molar-refractivity contribution in [3.8, 4) is 0 Å². The van der Waals surface area contributed by atoms with E-state index in [9.17, 15) is 10.1 Å². The number of hydrogen-bond donors (Lipinski definition) is 1. The van der Waals surface area contributed by atoms with Crippen LogP contribution in [0.25, 0.3) is 0 Å². The molecule has 8 nitrogen and oxygen atoms in total. The molecule has 0 amide bonds. The van der Waals surface area contributed by atoms with Crippen LogP contribution in [-0.4, -0.2) is 28.0 Å². The fourth-order valence-corrected chi connectivity index (χ4v) is 4.69. The van der Waals surface area contributed by atoms with Gasteiger partial charge in [0.05, 0.1) is 16.3 Å². The van der Waals surface area contributed by atoms with Crippen molar-refractivity contribution in [2.45, 2.75) is 19.3 Å². The Bertz CT molecular complexity index is 1240. The third kappa shape index (κ3) is 5.27. The summed E-state index contributed by atoms with van der Waals surface area (Å²) in [5, 5.41) is 14.1. The molecule has 1 N–H and O–H groups in total. The molecule has 0 unspecified atom stereocenters. The van der Waals surface area contributed by atoms with Crippen LogP contribution in [0.3, 0.4) is 0 Å². The summed E-state index contributed by atoms with van der Waals surface area (Å²) in [6.07, 6.45) is 4.34. The molecular formula is C28H28N6O2. The van der Waals surface area contributed by atoms with Gasteiger partial charge in [0.15, 0.2) is 0 Å². The lowest BCUT2D eigenvalue weighted by Gasteiger charge is -2.33. The summed E-state index contributed by atoms with van der Waals surface area (Å²) in [5.74, 6) is 1.06. The number of rotatable bonds is 8. The first-order chi connectivity index (χ1) is 17.7. The predicted molar refractivity (Wildman–Crippen MR) is 142 cm³/mol. The van der Waals surface area contributed by atoms with Crippen molar-refractivity contribution >= 4 is 28.7 Å². The second-order valence-corrected chi connectivity index (χ2v) is 8.89. The van der Waals surface area contributed by atoms with Crippen molar-refractivity contribution in [1.29, 1.82) is 0 Å². The highest BCUT2D eigenvalue weighted by molar-refractivity contribution is 5.75. The van der Waals surface area contributed by atoms with E-state index < -0.39 is 0 Å². The molecule has 1 aromatic heterocycles. The van der Waals surface area contributed by atoms with Crippen LogP contribution in [0.4, 0.5) is 28.7 Å². The van der Waals surface area contributed by atoms with Gasteiger partial charge >= 0.3 is 5.69 Å². The summed E-state index contributed by atoms with van der Waals surface area (Å²) in [6.45, 7) is 1.44. The van der Waals surface area contributed by atoms with Crippen LogP contribution in [0.5, 0.6) is 0 Å². The standard InChI is InChI=1S/C28H28N6O2/c35-34(36)26-27(31-33(24-12-6-2-7-13-24)25-14-8-3-9-15-25)29-21-30-28(26)32-18-16-23(17-19-32)20-22-10-4-1-5-11-22/h1-15,21,23H,16-20H2,(H,29,30,31). The summed E-state index contributed by atoms with van der Waals surface area (Å²) in [7, 11) is 0. The number of aromatic nitrogens is 2. The average molecular weight is 481 g/mol. The van der Waals surface area contributed by atoms with Gasteiger partial charge in [-0.2, -0.15) is 0 Å². The van der Waals surface area contributed by atoms with E-state index >= 15 is 0 Å². The van der Waals surface area contributed by atoms with Crippen LogP contribution in [0.15, 0.2) is 97.3 Å². The Hall–Kier alpha value is -4.46. The monoisotopic (exact) mass is 480 g/mol.